The van der Waals surface area contributed by atoms with Crippen LogP contribution in [-0.2, 0) is 0 Å². The van der Waals surface area contributed by atoms with Crippen molar-refractivity contribution in [3.05, 3.63) is 17.0 Å². The van der Waals surface area contributed by atoms with Crippen LogP contribution in [0.2, 0.25) is 5.15 Å². The molecule has 0 spiro atoms. The molecule has 0 aromatic carbocycles. The average Bonchev–Trinajstić information content (AvgIpc) is 3.05. The van der Waals surface area contributed by atoms with Gasteiger partial charge in [0.2, 0.25) is 0 Å². The van der Waals surface area contributed by atoms with Gasteiger partial charge in [0.1, 0.15) is 16.8 Å². The van der Waals surface area contributed by atoms with Gasteiger partial charge in [0.05, 0.1) is 0 Å². The Morgan fingerprint density at radius 1 is 1.29 bits per heavy atom. The van der Waals surface area contributed by atoms with Gasteiger partial charge in [-0.1, -0.05) is 18.0 Å². The minimum Gasteiger partial charge on any atom is -0.359 e. The minimum absolute atomic E-state index is 0.560. The van der Waals surface area contributed by atoms with Crippen LogP contribution in [0.1, 0.15) is 43.8 Å². The number of aromatic nitrogens is 2. The molecular formula is C13H18ClN3. The van der Waals surface area contributed by atoms with E-state index < -0.39 is 0 Å². The highest BCUT2D eigenvalue weighted by Gasteiger charge is 2.28. The molecule has 2 saturated carbocycles. The highest BCUT2D eigenvalue weighted by molar-refractivity contribution is 6.29. The monoisotopic (exact) mass is 251 g/mol. The van der Waals surface area contributed by atoms with Crippen molar-refractivity contribution >= 4 is 17.4 Å². The SMILES string of the molecule is CN(CC1CCC1)c1cc(Cl)nc(C2CC2)n1. The van der Waals surface area contributed by atoms with Crippen molar-refractivity contribution < 1.29 is 0 Å². The number of nitrogens with zero attached hydrogens (tertiary/aromatic N) is 3. The van der Waals surface area contributed by atoms with Gasteiger partial charge in [0.25, 0.3) is 0 Å². The first-order valence-electron chi connectivity index (χ1n) is 6.48. The predicted octanol–water partition coefficient (Wildman–Crippen LogP) is 3.24. The van der Waals surface area contributed by atoms with Gasteiger partial charge in [-0.05, 0) is 31.6 Å². The summed E-state index contributed by atoms with van der Waals surface area (Å²) in [5, 5.41) is 0.581. The molecule has 0 unspecified atom stereocenters. The average molecular weight is 252 g/mol. The van der Waals surface area contributed by atoms with Gasteiger partial charge in [-0.25, -0.2) is 9.97 Å². The Kier molecular flexibility index (Phi) is 2.95. The molecule has 17 heavy (non-hydrogen) atoms. The van der Waals surface area contributed by atoms with Gasteiger partial charge < -0.3 is 4.90 Å². The molecule has 1 aromatic rings. The maximum absolute atomic E-state index is 6.07. The van der Waals surface area contributed by atoms with Crippen LogP contribution < -0.4 is 4.90 Å². The molecule has 0 atom stereocenters. The van der Waals surface area contributed by atoms with Crippen molar-refractivity contribution in [3.63, 3.8) is 0 Å². The lowest BCUT2D eigenvalue weighted by Gasteiger charge is -2.30. The normalized spacial score (nSPS) is 20.1. The molecule has 0 bridgehead atoms. The molecule has 0 amide bonds. The number of anilines is 1. The molecule has 2 aliphatic carbocycles. The quantitative estimate of drug-likeness (QED) is 0.770. The van der Waals surface area contributed by atoms with Crippen LogP contribution in [-0.4, -0.2) is 23.6 Å². The third kappa shape index (κ3) is 2.54. The summed E-state index contributed by atoms with van der Waals surface area (Å²) in [4.78, 5) is 11.2. The minimum atomic E-state index is 0.560. The molecule has 0 N–H and O–H groups in total. The first-order valence-corrected chi connectivity index (χ1v) is 6.86. The van der Waals surface area contributed by atoms with Gasteiger partial charge in [-0.2, -0.15) is 0 Å². The van der Waals surface area contributed by atoms with Crippen LogP contribution >= 0.6 is 11.6 Å². The highest BCUT2D eigenvalue weighted by Crippen LogP contribution is 2.39. The van der Waals surface area contributed by atoms with E-state index in [1.165, 1.54) is 32.1 Å². The summed E-state index contributed by atoms with van der Waals surface area (Å²) in [6.45, 7) is 1.09. The van der Waals surface area contributed by atoms with E-state index in [0.29, 0.717) is 11.1 Å². The molecule has 2 aliphatic rings. The zero-order valence-corrected chi connectivity index (χ0v) is 11.0. The van der Waals surface area contributed by atoms with Gasteiger partial charge >= 0.3 is 0 Å². The molecule has 3 nitrogen and oxygen atoms in total. The Balaban J connectivity index is 1.75. The fourth-order valence-electron chi connectivity index (χ4n) is 2.30. The van der Waals surface area contributed by atoms with E-state index in [9.17, 15) is 0 Å². The van der Waals surface area contributed by atoms with E-state index in [0.717, 1.165) is 24.1 Å². The lowest BCUT2D eigenvalue weighted by atomic mass is 9.85. The fraction of sp³-hybridized carbons (Fsp3) is 0.692. The van der Waals surface area contributed by atoms with E-state index >= 15 is 0 Å². The standard InChI is InChI=1S/C13H18ClN3/c1-17(8-9-3-2-4-9)12-7-11(14)15-13(16-12)10-5-6-10/h7,9-10H,2-6,8H2,1H3. The van der Waals surface area contributed by atoms with Crippen molar-refractivity contribution in [2.45, 2.75) is 38.0 Å². The lowest BCUT2D eigenvalue weighted by Crippen LogP contribution is -2.30. The molecular weight excluding hydrogens is 234 g/mol. The molecule has 1 aromatic heterocycles. The highest BCUT2D eigenvalue weighted by atomic mass is 35.5. The smallest absolute Gasteiger partial charge is 0.135 e. The van der Waals surface area contributed by atoms with Gasteiger partial charge in [-0.15, -0.1) is 0 Å². The molecule has 3 rings (SSSR count). The van der Waals surface area contributed by atoms with Crippen molar-refractivity contribution in [1.29, 1.82) is 0 Å². The number of hydrogen-bond acceptors (Lipinski definition) is 3. The van der Waals surface area contributed by atoms with E-state index in [1.54, 1.807) is 0 Å². The third-order valence-corrected chi connectivity index (χ3v) is 3.98. The summed E-state index contributed by atoms with van der Waals surface area (Å²) in [5.74, 6) is 3.33. The summed E-state index contributed by atoms with van der Waals surface area (Å²) >= 11 is 6.07. The number of halogens is 1. The van der Waals surface area contributed by atoms with E-state index in [1.807, 2.05) is 6.07 Å². The number of hydrogen-bond donors (Lipinski definition) is 0. The maximum Gasteiger partial charge on any atom is 0.135 e. The fourth-order valence-corrected chi connectivity index (χ4v) is 2.48. The molecule has 4 heteroatoms. The summed E-state index contributed by atoms with van der Waals surface area (Å²) in [5.41, 5.74) is 0. The molecule has 0 aliphatic heterocycles. The molecule has 2 fully saturated rings. The Hall–Kier alpha value is -0.830. The van der Waals surface area contributed by atoms with E-state index in [4.69, 9.17) is 11.6 Å². The molecule has 0 saturated heterocycles. The Morgan fingerprint density at radius 2 is 2.06 bits per heavy atom. The first-order chi connectivity index (χ1) is 8.22. The largest absolute Gasteiger partial charge is 0.359 e. The van der Waals surface area contributed by atoms with Crippen LogP contribution in [0, 0.1) is 5.92 Å². The Morgan fingerprint density at radius 3 is 2.65 bits per heavy atom. The van der Waals surface area contributed by atoms with Crippen LogP contribution in [0.15, 0.2) is 6.07 Å². The zero-order valence-electron chi connectivity index (χ0n) is 10.2. The topological polar surface area (TPSA) is 29.0 Å². The maximum atomic E-state index is 6.07. The third-order valence-electron chi connectivity index (χ3n) is 3.79. The van der Waals surface area contributed by atoms with Gasteiger partial charge in [0, 0.05) is 25.6 Å². The van der Waals surface area contributed by atoms with Gasteiger partial charge in [0.15, 0.2) is 0 Å². The summed E-state index contributed by atoms with van der Waals surface area (Å²) in [6, 6.07) is 1.88. The van der Waals surface area contributed by atoms with Crippen LogP contribution in [0.4, 0.5) is 5.82 Å². The first kappa shape index (κ1) is 11.3. The predicted molar refractivity (Wildman–Crippen MR) is 69.6 cm³/mol. The van der Waals surface area contributed by atoms with Crippen LogP contribution in [0.3, 0.4) is 0 Å². The van der Waals surface area contributed by atoms with Crippen molar-refractivity contribution in [3.8, 4) is 0 Å². The van der Waals surface area contributed by atoms with E-state index in [2.05, 4.69) is 21.9 Å². The Bertz CT molecular complexity index is 413. The summed E-state index contributed by atoms with van der Waals surface area (Å²) < 4.78 is 0. The van der Waals surface area contributed by atoms with Crippen molar-refractivity contribution in [2.75, 3.05) is 18.5 Å². The van der Waals surface area contributed by atoms with Gasteiger partial charge in [-0.3, -0.25) is 0 Å². The van der Waals surface area contributed by atoms with E-state index in [-0.39, 0.29) is 0 Å². The lowest BCUT2D eigenvalue weighted by molar-refractivity contribution is 0.321. The second-order valence-electron chi connectivity index (χ2n) is 5.36. The number of rotatable bonds is 4. The Labute approximate surface area is 107 Å². The summed E-state index contributed by atoms with van der Waals surface area (Å²) in [7, 11) is 2.10. The molecule has 0 radical (unpaired) electrons. The second-order valence-corrected chi connectivity index (χ2v) is 5.75. The zero-order chi connectivity index (χ0) is 11.8. The molecule has 1 heterocycles. The van der Waals surface area contributed by atoms with Crippen LogP contribution in [0.25, 0.3) is 0 Å². The van der Waals surface area contributed by atoms with Crippen molar-refractivity contribution in [2.24, 2.45) is 5.92 Å². The van der Waals surface area contributed by atoms with Crippen LogP contribution in [0.5, 0.6) is 0 Å². The molecule has 92 valence electrons. The van der Waals surface area contributed by atoms with Crippen molar-refractivity contribution in [1.82, 2.24) is 9.97 Å². The summed E-state index contributed by atoms with van der Waals surface area (Å²) in [6.07, 6.45) is 6.53. The second kappa shape index (κ2) is 4.45.